The monoisotopic (exact) mass is 280 g/mol. The van der Waals surface area contributed by atoms with Gasteiger partial charge in [0.1, 0.15) is 0 Å². The molecular weight excluding hydrogens is 244 g/mol. The van der Waals surface area contributed by atoms with E-state index in [0.29, 0.717) is 11.5 Å². The summed E-state index contributed by atoms with van der Waals surface area (Å²) in [5.74, 6) is 1.83. The van der Waals surface area contributed by atoms with E-state index in [1.807, 2.05) is 0 Å². The number of hydrogen-bond donors (Lipinski definition) is 1. The fourth-order valence-electron chi connectivity index (χ4n) is 4.22. The molecule has 2 nitrogen and oxygen atoms in total. The molecule has 0 aromatic carbocycles. The van der Waals surface area contributed by atoms with Crippen LogP contribution >= 0.6 is 0 Å². The second-order valence-electron chi connectivity index (χ2n) is 8.34. The molecule has 1 saturated heterocycles. The quantitative estimate of drug-likeness (QED) is 0.821. The Morgan fingerprint density at radius 1 is 1.10 bits per heavy atom. The highest BCUT2D eigenvalue weighted by atomic mass is 15.2. The van der Waals surface area contributed by atoms with E-state index in [2.05, 4.69) is 44.8 Å². The first-order valence-electron chi connectivity index (χ1n) is 8.88. The zero-order chi connectivity index (χ0) is 14.8. The summed E-state index contributed by atoms with van der Waals surface area (Å²) in [5.41, 5.74) is 0.537. The Labute approximate surface area is 126 Å². The summed E-state index contributed by atoms with van der Waals surface area (Å²) in [6.07, 6.45) is 7.09. The molecule has 2 aliphatic rings. The lowest BCUT2D eigenvalue weighted by Crippen LogP contribution is -2.48. The zero-order valence-corrected chi connectivity index (χ0v) is 14.4. The van der Waals surface area contributed by atoms with E-state index >= 15 is 0 Å². The van der Waals surface area contributed by atoms with Crippen molar-refractivity contribution < 1.29 is 0 Å². The summed E-state index contributed by atoms with van der Waals surface area (Å²) < 4.78 is 0. The van der Waals surface area contributed by atoms with Gasteiger partial charge in [0.05, 0.1) is 0 Å². The van der Waals surface area contributed by atoms with Crippen molar-refractivity contribution in [1.82, 2.24) is 10.2 Å². The Morgan fingerprint density at radius 2 is 1.75 bits per heavy atom. The predicted octanol–water partition coefficient (Wildman–Crippen LogP) is 3.91. The standard InChI is InChI=1S/C18H36N2/c1-14(2)19-12-18(8-6-15(3)7-9-18)13-20-11-16(4)10-17(20)5/h14-17,19H,6-13H2,1-5H3. The minimum absolute atomic E-state index is 0.537. The van der Waals surface area contributed by atoms with E-state index in [0.717, 1.165) is 17.9 Å². The molecule has 1 aliphatic heterocycles. The van der Waals surface area contributed by atoms with Crippen molar-refractivity contribution in [1.29, 1.82) is 0 Å². The maximum atomic E-state index is 3.74. The Bertz CT molecular complexity index is 292. The van der Waals surface area contributed by atoms with E-state index in [1.54, 1.807) is 0 Å². The predicted molar refractivity (Wildman–Crippen MR) is 88.0 cm³/mol. The van der Waals surface area contributed by atoms with Crippen LogP contribution in [0.3, 0.4) is 0 Å². The van der Waals surface area contributed by atoms with Gasteiger partial charge in [0.25, 0.3) is 0 Å². The smallest absolute Gasteiger partial charge is 0.00702 e. The first-order valence-corrected chi connectivity index (χ1v) is 8.88. The third kappa shape index (κ3) is 4.21. The van der Waals surface area contributed by atoms with Gasteiger partial charge in [-0.1, -0.05) is 40.5 Å². The molecule has 1 heterocycles. The first kappa shape index (κ1) is 16.3. The van der Waals surface area contributed by atoms with Gasteiger partial charge in [0.2, 0.25) is 0 Å². The lowest BCUT2D eigenvalue weighted by Gasteiger charge is -2.43. The maximum absolute atomic E-state index is 3.74. The minimum Gasteiger partial charge on any atom is -0.314 e. The molecule has 0 radical (unpaired) electrons. The molecule has 118 valence electrons. The second-order valence-corrected chi connectivity index (χ2v) is 8.34. The van der Waals surface area contributed by atoms with Gasteiger partial charge in [0, 0.05) is 31.7 Å². The number of nitrogens with one attached hydrogen (secondary N) is 1. The summed E-state index contributed by atoms with van der Waals surface area (Å²) in [6, 6.07) is 1.40. The molecule has 0 aromatic rings. The molecule has 1 N–H and O–H groups in total. The molecular formula is C18H36N2. The molecule has 0 bridgehead atoms. The Hall–Kier alpha value is -0.0800. The van der Waals surface area contributed by atoms with Gasteiger partial charge >= 0.3 is 0 Å². The third-order valence-electron chi connectivity index (χ3n) is 5.67. The number of hydrogen-bond acceptors (Lipinski definition) is 2. The largest absolute Gasteiger partial charge is 0.314 e. The summed E-state index contributed by atoms with van der Waals surface area (Å²) in [6.45, 7) is 15.7. The van der Waals surface area contributed by atoms with Gasteiger partial charge in [0.15, 0.2) is 0 Å². The molecule has 0 aromatic heterocycles. The summed E-state index contributed by atoms with van der Waals surface area (Å²) in [4.78, 5) is 2.78. The molecule has 2 unspecified atom stereocenters. The fraction of sp³-hybridized carbons (Fsp3) is 1.00. The van der Waals surface area contributed by atoms with Crippen molar-refractivity contribution in [3.05, 3.63) is 0 Å². The van der Waals surface area contributed by atoms with Crippen molar-refractivity contribution in [2.45, 2.75) is 78.8 Å². The van der Waals surface area contributed by atoms with Gasteiger partial charge in [-0.2, -0.15) is 0 Å². The SMILES string of the molecule is CC1CCC(CNC(C)C)(CN2CC(C)CC2C)CC1. The molecule has 2 rings (SSSR count). The molecule has 2 heteroatoms. The van der Waals surface area contributed by atoms with Crippen LogP contribution in [-0.2, 0) is 0 Å². The van der Waals surface area contributed by atoms with Gasteiger partial charge in [-0.15, -0.1) is 0 Å². The highest BCUT2D eigenvalue weighted by Gasteiger charge is 2.38. The van der Waals surface area contributed by atoms with Crippen molar-refractivity contribution >= 4 is 0 Å². The Balaban J connectivity index is 1.98. The normalized spacial score (nSPS) is 39.6. The van der Waals surface area contributed by atoms with Crippen LogP contribution in [0.25, 0.3) is 0 Å². The Morgan fingerprint density at radius 3 is 2.25 bits per heavy atom. The van der Waals surface area contributed by atoms with E-state index in [-0.39, 0.29) is 0 Å². The van der Waals surface area contributed by atoms with Crippen LogP contribution in [0.2, 0.25) is 0 Å². The summed E-state index contributed by atoms with van der Waals surface area (Å²) in [5, 5.41) is 3.74. The zero-order valence-electron chi connectivity index (χ0n) is 14.4. The van der Waals surface area contributed by atoms with Crippen molar-refractivity contribution in [3.8, 4) is 0 Å². The van der Waals surface area contributed by atoms with E-state index < -0.39 is 0 Å². The average molecular weight is 281 g/mol. The molecule has 1 saturated carbocycles. The van der Waals surface area contributed by atoms with E-state index in [1.165, 1.54) is 51.7 Å². The van der Waals surface area contributed by atoms with Gasteiger partial charge in [-0.25, -0.2) is 0 Å². The van der Waals surface area contributed by atoms with Crippen molar-refractivity contribution in [3.63, 3.8) is 0 Å². The molecule has 1 aliphatic carbocycles. The lowest BCUT2D eigenvalue weighted by molar-refractivity contribution is 0.0803. The topological polar surface area (TPSA) is 15.3 Å². The van der Waals surface area contributed by atoms with Crippen LogP contribution in [0.15, 0.2) is 0 Å². The van der Waals surface area contributed by atoms with E-state index in [4.69, 9.17) is 0 Å². The Kier molecular flexibility index (Phi) is 5.53. The van der Waals surface area contributed by atoms with Crippen LogP contribution in [0.5, 0.6) is 0 Å². The van der Waals surface area contributed by atoms with Gasteiger partial charge < -0.3 is 5.32 Å². The summed E-state index contributed by atoms with van der Waals surface area (Å²) >= 11 is 0. The van der Waals surface area contributed by atoms with Crippen molar-refractivity contribution in [2.24, 2.45) is 17.3 Å². The molecule has 0 spiro atoms. The van der Waals surface area contributed by atoms with Crippen LogP contribution in [-0.4, -0.2) is 36.6 Å². The third-order valence-corrected chi connectivity index (χ3v) is 5.67. The summed E-state index contributed by atoms with van der Waals surface area (Å²) in [7, 11) is 0. The van der Waals surface area contributed by atoms with Crippen LogP contribution in [0, 0.1) is 17.3 Å². The lowest BCUT2D eigenvalue weighted by atomic mass is 9.70. The van der Waals surface area contributed by atoms with Crippen LogP contribution < -0.4 is 5.32 Å². The average Bonchev–Trinajstić information content (AvgIpc) is 2.69. The fourth-order valence-corrected chi connectivity index (χ4v) is 4.22. The van der Waals surface area contributed by atoms with E-state index in [9.17, 15) is 0 Å². The minimum atomic E-state index is 0.537. The van der Waals surface area contributed by atoms with Crippen LogP contribution in [0.4, 0.5) is 0 Å². The molecule has 2 fully saturated rings. The van der Waals surface area contributed by atoms with Crippen molar-refractivity contribution in [2.75, 3.05) is 19.6 Å². The molecule has 0 amide bonds. The van der Waals surface area contributed by atoms with Crippen LogP contribution in [0.1, 0.15) is 66.7 Å². The second kappa shape index (κ2) is 6.79. The number of rotatable bonds is 5. The van der Waals surface area contributed by atoms with Gasteiger partial charge in [-0.3, -0.25) is 4.90 Å². The maximum Gasteiger partial charge on any atom is 0.00702 e. The highest BCUT2D eigenvalue weighted by molar-refractivity contribution is 4.93. The number of nitrogens with zero attached hydrogens (tertiary/aromatic N) is 1. The number of likely N-dealkylation sites (tertiary alicyclic amines) is 1. The molecule has 2 atom stereocenters. The molecule has 20 heavy (non-hydrogen) atoms. The van der Waals surface area contributed by atoms with Gasteiger partial charge in [-0.05, 0) is 43.4 Å². The first-order chi connectivity index (χ1) is 9.40. The highest BCUT2D eigenvalue weighted by Crippen LogP contribution is 2.40.